The van der Waals surface area contributed by atoms with Crippen molar-refractivity contribution in [2.75, 3.05) is 13.2 Å². The van der Waals surface area contributed by atoms with Crippen molar-refractivity contribution in [3.63, 3.8) is 0 Å². The summed E-state index contributed by atoms with van der Waals surface area (Å²) in [4.78, 5) is 11.2. The van der Waals surface area contributed by atoms with E-state index in [0.29, 0.717) is 0 Å². The van der Waals surface area contributed by atoms with Gasteiger partial charge in [0.25, 0.3) is 0 Å². The van der Waals surface area contributed by atoms with Crippen LogP contribution in [-0.2, 0) is 11.2 Å². The van der Waals surface area contributed by atoms with Crippen molar-refractivity contribution in [2.24, 2.45) is 0 Å². The van der Waals surface area contributed by atoms with E-state index >= 15 is 0 Å². The monoisotopic (exact) mass is 220 g/mol. The summed E-state index contributed by atoms with van der Waals surface area (Å²) in [6.45, 7) is 5.35. The van der Waals surface area contributed by atoms with Gasteiger partial charge in [-0.3, -0.25) is 4.79 Å². The van der Waals surface area contributed by atoms with Crippen molar-refractivity contribution < 1.29 is 9.53 Å². The summed E-state index contributed by atoms with van der Waals surface area (Å²) in [5.74, 6) is 0.129. The van der Waals surface area contributed by atoms with Crippen LogP contribution in [0.5, 0.6) is 0 Å². The SMILES string of the molecule is CCCOCCCc1cccc(C(C)=O)c1. The zero-order valence-corrected chi connectivity index (χ0v) is 10.2. The number of Topliss-reactive ketones (excluding diaryl/α,β-unsaturated/α-hetero) is 1. The second-order valence-electron chi connectivity index (χ2n) is 3.97. The van der Waals surface area contributed by atoms with Crippen LogP contribution in [0.2, 0.25) is 0 Å². The fourth-order valence-corrected chi connectivity index (χ4v) is 1.57. The molecule has 88 valence electrons. The maximum atomic E-state index is 11.2. The first-order valence-corrected chi connectivity index (χ1v) is 5.91. The lowest BCUT2D eigenvalue weighted by molar-refractivity contribution is 0.101. The van der Waals surface area contributed by atoms with Crippen molar-refractivity contribution in [1.29, 1.82) is 0 Å². The average Bonchev–Trinajstić information content (AvgIpc) is 2.29. The minimum absolute atomic E-state index is 0.129. The molecule has 0 fully saturated rings. The van der Waals surface area contributed by atoms with Gasteiger partial charge in [0.1, 0.15) is 0 Å². The molecule has 16 heavy (non-hydrogen) atoms. The van der Waals surface area contributed by atoms with Crippen molar-refractivity contribution in [2.45, 2.75) is 33.1 Å². The van der Waals surface area contributed by atoms with Gasteiger partial charge in [0.2, 0.25) is 0 Å². The Hall–Kier alpha value is -1.15. The molecule has 1 aromatic rings. The summed E-state index contributed by atoms with van der Waals surface area (Å²) in [7, 11) is 0. The van der Waals surface area contributed by atoms with Crippen LogP contribution >= 0.6 is 0 Å². The Labute approximate surface area is 97.6 Å². The van der Waals surface area contributed by atoms with E-state index in [-0.39, 0.29) is 5.78 Å². The number of carbonyl (C=O) groups excluding carboxylic acids is 1. The molecule has 0 aromatic heterocycles. The average molecular weight is 220 g/mol. The minimum Gasteiger partial charge on any atom is -0.381 e. The summed E-state index contributed by atoms with van der Waals surface area (Å²) < 4.78 is 5.42. The predicted octanol–water partition coefficient (Wildman–Crippen LogP) is 3.25. The highest BCUT2D eigenvalue weighted by atomic mass is 16.5. The third-order valence-corrected chi connectivity index (χ3v) is 2.44. The maximum Gasteiger partial charge on any atom is 0.159 e. The van der Waals surface area contributed by atoms with Gasteiger partial charge in [0.05, 0.1) is 0 Å². The second-order valence-corrected chi connectivity index (χ2v) is 3.97. The minimum atomic E-state index is 0.129. The topological polar surface area (TPSA) is 26.3 Å². The highest BCUT2D eigenvalue weighted by Gasteiger charge is 2.00. The molecular formula is C14H20O2. The molecule has 0 atom stereocenters. The van der Waals surface area contributed by atoms with E-state index in [1.807, 2.05) is 18.2 Å². The molecule has 0 saturated heterocycles. The zero-order chi connectivity index (χ0) is 11.8. The Bertz CT molecular complexity index is 331. The third-order valence-electron chi connectivity index (χ3n) is 2.44. The van der Waals surface area contributed by atoms with Crippen LogP contribution in [0, 0.1) is 0 Å². The van der Waals surface area contributed by atoms with Crippen LogP contribution in [-0.4, -0.2) is 19.0 Å². The van der Waals surface area contributed by atoms with E-state index in [1.54, 1.807) is 6.92 Å². The van der Waals surface area contributed by atoms with Gasteiger partial charge in [-0.05, 0) is 37.8 Å². The summed E-state index contributed by atoms with van der Waals surface area (Å²) in [6, 6.07) is 7.84. The Morgan fingerprint density at radius 3 is 2.81 bits per heavy atom. The molecular weight excluding hydrogens is 200 g/mol. The van der Waals surface area contributed by atoms with E-state index in [1.165, 1.54) is 5.56 Å². The van der Waals surface area contributed by atoms with Gasteiger partial charge in [-0.1, -0.05) is 25.1 Å². The Kier molecular flexibility index (Phi) is 5.79. The Morgan fingerprint density at radius 1 is 1.31 bits per heavy atom. The lowest BCUT2D eigenvalue weighted by Gasteiger charge is -2.04. The molecule has 0 N–H and O–H groups in total. The number of ketones is 1. The van der Waals surface area contributed by atoms with Crippen LogP contribution in [0.3, 0.4) is 0 Å². The number of ether oxygens (including phenoxy) is 1. The van der Waals surface area contributed by atoms with E-state index in [2.05, 4.69) is 13.0 Å². The summed E-state index contributed by atoms with van der Waals surface area (Å²) in [6.07, 6.45) is 3.06. The number of hydrogen-bond acceptors (Lipinski definition) is 2. The lowest BCUT2D eigenvalue weighted by Crippen LogP contribution is -1.99. The number of carbonyl (C=O) groups is 1. The van der Waals surface area contributed by atoms with Crippen molar-refractivity contribution in [1.82, 2.24) is 0 Å². The van der Waals surface area contributed by atoms with E-state index in [4.69, 9.17) is 4.74 Å². The van der Waals surface area contributed by atoms with Gasteiger partial charge in [-0.2, -0.15) is 0 Å². The molecule has 0 unspecified atom stereocenters. The van der Waals surface area contributed by atoms with Gasteiger partial charge >= 0.3 is 0 Å². The first-order chi connectivity index (χ1) is 7.74. The predicted molar refractivity (Wildman–Crippen MR) is 65.9 cm³/mol. The first kappa shape index (κ1) is 12.9. The summed E-state index contributed by atoms with van der Waals surface area (Å²) >= 11 is 0. The van der Waals surface area contributed by atoms with Crippen molar-refractivity contribution in [3.8, 4) is 0 Å². The van der Waals surface area contributed by atoms with E-state index in [9.17, 15) is 4.79 Å². The molecule has 0 aliphatic rings. The molecule has 1 rings (SSSR count). The number of hydrogen-bond donors (Lipinski definition) is 0. The molecule has 0 bridgehead atoms. The fourth-order valence-electron chi connectivity index (χ4n) is 1.57. The molecule has 1 aromatic carbocycles. The van der Waals surface area contributed by atoms with E-state index in [0.717, 1.165) is 38.0 Å². The molecule has 2 heteroatoms. The molecule has 0 amide bonds. The molecule has 0 aliphatic carbocycles. The molecule has 0 spiro atoms. The highest BCUT2D eigenvalue weighted by Crippen LogP contribution is 2.08. The van der Waals surface area contributed by atoms with Crippen LogP contribution in [0.15, 0.2) is 24.3 Å². The molecule has 2 nitrogen and oxygen atoms in total. The third kappa shape index (κ3) is 4.58. The van der Waals surface area contributed by atoms with Gasteiger partial charge in [0, 0.05) is 18.8 Å². The quantitative estimate of drug-likeness (QED) is 0.521. The van der Waals surface area contributed by atoms with Crippen LogP contribution in [0.1, 0.15) is 42.6 Å². The molecule has 0 heterocycles. The Balaban J connectivity index is 2.36. The van der Waals surface area contributed by atoms with Crippen molar-refractivity contribution in [3.05, 3.63) is 35.4 Å². The van der Waals surface area contributed by atoms with Crippen LogP contribution in [0.25, 0.3) is 0 Å². The fraction of sp³-hybridized carbons (Fsp3) is 0.500. The number of aryl methyl sites for hydroxylation is 1. The van der Waals surface area contributed by atoms with E-state index < -0.39 is 0 Å². The van der Waals surface area contributed by atoms with Gasteiger partial charge < -0.3 is 4.74 Å². The maximum absolute atomic E-state index is 11.2. The van der Waals surface area contributed by atoms with Crippen LogP contribution < -0.4 is 0 Å². The summed E-state index contributed by atoms with van der Waals surface area (Å²) in [5.41, 5.74) is 2.01. The van der Waals surface area contributed by atoms with Gasteiger partial charge in [-0.25, -0.2) is 0 Å². The molecule has 0 saturated carbocycles. The first-order valence-electron chi connectivity index (χ1n) is 5.91. The largest absolute Gasteiger partial charge is 0.381 e. The van der Waals surface area contributed by atoms with Gasteiger partial charge in [0.15, 0.2) is 5.78 Å². The standard InChI is InChI=1S/C14H20O2/c1-3-9-16-10-5-7-13-6-4-8-14(11-13)12(2)15/h4,6,8,11H,3,5,7,9-10H2,1-2H3. The zero-order valence-electron chi connectivity index (χ0n) is 10.2. The smallest absolute Gasteiger partial charge is 0.159 e. The molecule has 0 aliphatic heterocycles. The number of rotatable bonds is 7. The highest BCUT2D eigenvalue weighted by molar-refractivity contribution is 5.94. The van der Waals surface area contributed by atoms with Gasteiger partial charge in [-0.15, -0.1) is 0 Å². The van der Waals surface area contributed by atoms with Crippen molar-refractivity contribution >= 4 is 5.78 Å². The van der Waals surface area contributed by atoms with Crippen LogP contribution in [0.4, 0.5) is 0 Å². The number of benzene rings is 1. The molecule has 0 radical (unpaired) electrons. The second kappa shape index (κ2) is 7.18. The summed E-state index contributed by atoms with van der Waals surface area (Å²) in [5, 5.41) is 0. The normalized spacial score (nSPS) is 10.4. The Morgan fingerprint density at radius 2 is 2.12 bits per heavy atom. The lowest BCUT2D eigenvalue weighted by atomic mass is 10.0.